The number of anilines is 1. The van der Waals surface area contributed by atoms with E-state index in [0.29, 0.717) is 18.4 Å². The maximum atomic E-state index is 11.1. The molecule has 1 aromatic rings. The summed E-state index contributed by atoms with van der Waals surface area (Å²) in [5, 5.41) is 13.3. The van der Waals surface area contributed by atoms with E-state index in [1.54, 1.807) is 11.3 Å². The van der Waals surface area contributed by atoms with Crippen molar-refractivity contribution in [3.63, 3.8) is 0 Å². The number of aliphatic carboxylic acids is 1. The van der Waals surface area contributed by atoms with Crippen LogP contribution in [0.15, 0.2) is 0 Å². The molecule has 0 aromatic carbocycles. The number of rotatable bonds is 4. The Hall–Kier alpha value is -1.14. The number of ether oxygens (including phenoxy) is 1. The third-order valence-electron chi connectivity index (χ3n) is 4.06. The molecule has 0 radical (unpaired) electrons. The Kier molecular flexibility index (Phi) is 3.45. The zero-order chi connectivity index (χ0) is 13.4. The number of nitrogens with zero attached hydrogens (tertiary/aromatic N) is 1. The van der Waals surface area contributed by atoms with E-state index in [1.807, 2.05) is 0 Å². The molecule has 19 heavy (non-hydrogen) atoms. The van der Waals surface area contributed by atoms with Gasteiger partial charge in [0.15, 0.2) is 5.13 Å². The number of thiazole rings is 1. The van der Waals surface area contributed by atoms with Crippen LogP contribution in [0.2, 0.25) is 0 Å². The van der Waals surface area contributed by atoms with E-state index in [1.165, 1.54) is 0 Å². The summed E-state index contributed by atoms with van der Waals surface area (Å²) < 4.78 is 5.53. The Labute approximate surface area is 116 Å². The van der Waals surface area contributed by atoms with Gasteiger partial charge in [-0.15, -0.1) is 11.3 Å². The molecule has 1 aliphatic carbocycles. The first-order chi connectivity index (χ1) is 9.15. The summed E-state index contributed by atoms with van der Waals surface area (Å²) in [5.41, 5.74) is 0.774. The minimum absolute atomic E-state index is 0.297. The lowest BCUT2D eigenvalue weighted by Crippen LogP contribution is -2.20. The Bertz CT molecular complexity index is 488. The molecular weight excluding hydrogens is 264 g/mol. The second kappa shape index (κ2) is 5.09. The number of carboxylic acids is 1. The van der Waals surface area contributed by atoms with Crippen molar-refractivity contribution in [2.24, 2.45) is 5.92 Å². The van der Waals surface area contributed by atoms with Crippen LogP contribution in [0.25, 0.3) is 0 Å². The van der Waals surface area contributed by atoms with Crippen molar-refractivity contribution in [2.75, 3.05) is 18.5 Å². The lowest BCUT2D eigenvalue weighted by atomic mass is 10.0. The van der Waals surface area contributed by atoms with Crippen LogP contribution in [-0.2, 0) is 16.0 Å². The lowest BCUT2D eigenvalue weighted by molar-refractivity contribution is -0.138. The van der Waals surface area contributed by atoms with Crippen molar-refractivity contribution in [3.05, 3.63) is 10.6 Å². The number of aryl methyl sites for hydroxylation is 1. The molecule has 5 nitrogen and oxygen atoms in total. The van der Waals surface area contributed by atoms with Crippen molar-refractivity contribution < 1.29 is 14.6 Å². The highest BCUT2D eigenvalue weighted by Crippen LogP contribution is 2.38. The molecule has 2 N–H and O–H groups in total. The quantitative estimate of drug-likeness (QED) is 0.885. The molecule has 1 fully saturated rings. The normalized spacial score (nSPS) is 29.4. The Morgan fingerprint density at radius 1 is 1.58 bits per heavy atom. The van der Waals surface area contributed by atoms with E-state index < -0.39 is 11.9 Å². The van der Waals surface area contributed by atoms with Gasteiger partial charge in [-0.1, -0.05) is 0 Å². The van der Waals surface area contributed by atoms with Crippen LogP contribution in [0.3, 0.4) is 0 Å². The molecule has 2 aliphatic rings. The number of carboxylic acid groups (broad SMARTS) is 1. The molecule has 1 aromatic heterocycles. The molecule has 0 spiro atoms. The van der Waals surface area contributed by atoms with Gasteiger partial charge < -0.3 is 15.2 Å². The first-order valence-corrected chi connectivity index (χ1v) is 7.54. The zero-order valence-corrected chi connectivity index (χ0v) is 11.7. The van der Waals surface area contributed by atoms with Gasteiger partial charge >= 0.3 is 5.97 Å². The number of aromatic nitrogens is 1. The van der Waals surface area contributed by atoms with Gasteiger partial charge in [0.1, 0.15) is 5.92 Å². The van der Waals surface area contributed by atoms with Gasteiger partial charge in [-0.2, -0.15) is 0 Å². The molecule has 0 saturated carbocycles. The van der Waals surface area contributed by atoms with Crippen LogP contribution in [0.1, 0.15) is 36.3 Å². The standard InChI is InChI=1S/C13H18N2O3S/c1-7-8(4-5-18-7)6-14-13-15-11-9(12(16)17)2-3-10(11)19-13/h7-9H,2-6H2,1H3,(H,14,15)(H,16,17). The van der Waals surface area contributed by atoms with Gasteiger partial charge in [0.05, 0.1) is 11.8 Å². The summed E-state index contributed by atoms with van der Waals surface area (Å²) in [4.78, 5) is 16.7. The first-order valence-electron chi connectivity index (χ1n) is 6.73. The molecule has 3 rings (SSSR count). The van der Waals surface area contributed by atoms with E-state index in [-0.39, 0.29) is 0 Å². The number of fused-ring (bicyclic) bond motifs is 1. The van der Waals surface area contributed by atoms with E-state index >= 15 is 0 Å². The summed E-state index contributed by atoms with van der Waals surface area (Å²) in [6, 6.07) is 0. The van der Waals surface area contributed by atoms with Crippen molar-refractivity contribution in [1.82, 2.24) is 4.98 Å². The highest BCUT2D eigenvalue weighted by Gasteiger charge is 2.32. The third-order valence-corrected chi connectivity index (χ3v) is 5.15. The average molecular weight is 282 g/mol. The van der Waals surface area contributed by atoms with Crippen molar-refractivity contribution in [1.29, 1.82) is 0 Å². The Morgan fingerprint density at radius 3 is 3.11 bits per heavy atom. The molecule has 3 unspecified atom stereocenters. The molecule has 0 amide bonds. The molecule has 3 atom stereocenters. The van der Waals surface area contributed by atoms with Gasteiger partial charge in [0.2, 0.25) is 0 Å². The predicted molar refractivity (Wildman–Crippen MR) is 72.8 cm³/mol. The molecule has 1 aliphatic heterocycles. The first kappa shape index (κ1) is 12.9. The Morgan fingerprint density at radius 2 is 2.42 bits per heavy atom. The molecule has 0 bridgehead atoms. The molecule has 6 heteroatoms. The Balaban J connectivity index is 1.64. The number of hydrogen-bond acceptors (Lipinski definition) is 5. The number of carbonyl (C=O) groups is 1. The van der Waals surface area contributed by atoms with Gasteiger partial charge in [0.25, 0.3) is 0 Å². The van der Waals surface area contributed by atoms with Gasteiger partial charge in [-0.3, -0.25) is 4.79 Å². The highest BCUT2D eigenvalue weighted by atomic mass is 32.1. The maximum absolute atomic E-state index is 11.1. The van der Waals surface area contributed by atoms with Crippen LogP contribution in [0, 0.1) is 5.92 Å². The smallest absolute Gasteiger partial charge is 0.312 e. The summed E-state index contributed by atoms with van der Waals surface area (Å²) in [5.74, 6) is -0.641. The van der Waals surface area contributed by atoms with Crippen molar-refractivity contribution in [3.8, 4) is 0 Å². The number of hydrogen-bond donors (Lipinski definition) is 2. The average Bonchev–Trinajstić information content (AvgIpc) is 3.00. The predicted octanol–water partition coefficient (Wildman–Crippen LogP) is 2.09. The summed E-state index contributed by atoms with van der Waals surface area (Å²) in [6.45, 7) is 3.79. The van der Waals surface area contributed by atoms with Gasteiger partial charge in [-0.05, 0) is 26.2 Å². The lowest BCUT2D eigenvalue weighted by Gasteiger charge is -2.14. The fourth-order valence-electron chi connectivity index (χ4n) is 2.81. The van der Waals surface area contributed by atoms with E-state index in [4.69, 9.17) is 9.84 Å². The van der Waals surface area contributed by atoms with Crippen molar-refractivity contribution in [2.45, 2.75) is 38.2 Å². The largest absolute Gasteiger partial charge is 0.481 e. The van der Waals surface area contributed by atoms with Gasteiger partial charge in [0, 0.05) is 23.9 Å². The molecule has 104 valence electrons. The zero-order valence-electron chi connectivity index (χ0n) is 10.9. The van der Waals surface area contributed by atoms with E-state index in [2.05, 4.69) is 17.2 Å². The second-order valence-electron chi connectivity index (χ2n) is 5.26. The van der Waals surface area contributed by atoms with Crippen LogP contribution >= 0.6 is 11.3 Å². The summed E-state index contributed by atoms with van der Waals surface area (Å²) >= 11 is 1.60. The number of nitrogens with one attached hydrogen (secondary N) is 1. The van der Waals surface area contributed by atoms with E-state index in [0.717, 1.165) is 41.7 Å². The van der Waals surface area contributed by atoms with Crippen LogP contribution in [0.5, 0.6) is 0 Å². The molecular formula is C13H18N2O3S. The summed E-state index contributed by atoms with van der Waals surface area (Å²) in [6.07, 6.45) is 2.91. The minimum atomic E-state index is -0.756. The summed E-state index contributed by atoms with van der Waals surface area (Å²) in [7, 11) is 0. The fourth-order valence-corrected chi connectivity index (χ4v) is 3.85. The minimum Gasteiger partial charge on any atom is -0.481 e. The fraction of sp³-hybridized carbons (Fsp3) is 0.692. The van der Waals surface area contributed by atoms with Crippen molar-refractivity contribution >= 4 is 22.4 Å². The SMILES string of the molecule is CC1OCCC1CNc1nc2c(s1)CCC2C(=O)O. The molecule has 1 saturated heterocycles. The highest BCUT2D eigenvalue weighted by molar-refractivity contribution is 7.15. The topological polar surface area (TPSA) is 71.5 Å². The van der Waals surface area contributed by atoms with Crippen LogP contribution in [0.4, 0.5) is 5.13 Å². The maximum Gasteiger partial charge on any atom is 0.312 e. The van der Waals surface area contributed by atoms with Crippen LogP contribution in [-0.4, -0.2) is 35.3 Å². The van der Waals surface area contributed by atoms with Crippen LogP contribution < -0.4 is 5.32 Å². The second-order valence-corrected chi connectivity index (χ2v) is 6.35. The monoisotopic (exact) mass is 282 g/mol. The molecule has 2 heterocycles. The van der Waals surface area contributed by atoms with Gasteiger partial charge in [-0.25, -0.2) is 4.98 Å². The van der Waals surface area contributed by atoms with E-state index in [9.17, 15) is 4.79 Å². The third kappa shape index (κ3) is 2.47.